The summed E-state index contributed by atoms with van der Waals surface area (Å²) in [5, 5.41) is 9.11. The second kappa shape index (κ2) is 7.89. The van der Waals surface area contributed by atoms with Crippen LogP contribution in [0.2, 0.25) is 0 Å². The summed E-state index contributed by atoms with van der Waals surface area (Å²) in [7, 11) is 0. The number of hydrogen-bond donors (Lipinski definition) is 0. The first kappa shape index (κ1) is 14.7. The Bertz CT molecular complexity index is 388. The van der Waals surface area contributed by atoms with Crippen molar-refractivity contribution in [3.05, 3.63) is 35.4 Å². The maximum Gasteiger partial charge on any atom is 0.0995 e. The highest BCUT2D eigenvalue weighted by Crippen LogP contribution is 2.15. The minimum absolute atomic E-state index is 0.763. The minimum atomic E-state index is 0.763. The molecule has 0 aliphatic heterocycles. The Balaban J connectivity index is 2.71. The lowest BCUT2D eigenvalue weighted by atomic mass is 10.0. The number of rotatable bonds is 7. The maximum atomic E-state index is 9.11. The Morgan fingerprint density at radius 2 is 1.83 bits per heavy atom. The third-order valence-electron chi connectivity index (χ3n) is 3.65. The number of benzene rings is 1. The molecule has 0 radical (unpaired) electrons. The fourth-order valence-corrected chi connectivity index (χ4v) is 2.23. The van der Waals surface area contributed by atoms with E-state index >= 15 is 0 Å². The van der Waals surface area contributed by atoms with Crippen LogP contribution in [0.1, 0.15) is 44.7 Å². The quantitative estimate of drug-likeness (QED) is 0.729. The van der Waals surface area contributed by atoms with Crippen molar-refractivity contribution < 1.29 is 0 Å². The van der Waals surface area contributed by atoms with Gasteiger partial charge < -0.3 is 0 Å². The summed E-state index contributed by atoms with van der Waals surface area (Å²) in [6, 6.07) is 10.2. The summed E-state index contributed by atoms with van der Waals surface area (Å²) in [6.07, 6.45) is 2.46. The predicted octanol–water partition coefficient (Wildman–Crippen LogP) is 3.82. The minimum Gasteiger partial charge on any atom is -0.299 e. The van der Waals surface area contributed by atoms with Crippen molar-refractivity contribution in [3.8, 4) is 6.07 Å². The van der Waals surface area contributed by atoms with Crippen LogP contribution in [0.5, 0.6) is 0 Å². The Morgan fingerprint density at radius 3 is 2.39 bits per heavy atom. The molecule has 1 aromatic carbocycles. The van der Waals surface area contributed by atoms with Crippen LogP contribution in [0.3, 0.4) is 0 Å². The fourth-order valence-electron chi connectivity index (χ4n) is 2.23. The maximum absolute atomic E-state index is 9.11. The van der Waals surface area contributed by atoms with Gasteiger partial charge in [0.15, 0.2) is 0 Å². The molecule has 1 rings (SSSR count). The highest BCUT2D eigenvalue weighted by Gasteiger charge is 2.11. The Hall–Kier alpha value is -1.33. The predicted molar refractivity (Wildman–Crippen MR) is 76.2 cm³/mol. The van der Waals surface area contributed by atoms with E-state index in [1.807, 2.05) is 18.2 Å². The van der Waals surface area contributed by atoms with Crippen molar-refractivity contribution >= 4 is 0 Å². The Labute approximate surface area is 111 Å². The van der Waals surface area contributed by atoms with E-state index in [1.54, 1.807) is 0 Å². The van der Waals surface area contributed by atoms with E-state index in [1.165, 1.54) is 12.8 Å². The molecule has 0 heterocycles. The first-order valence-electron chi connectivity index (χ1n) is 6.95. The van der Waals surface area contributed by atoms with Crippen LogP contribution in [0.25, 0.3) is 0 Å². The largest absolute Gasteiger partial charge is 0.299 e. The molecular weight excluding hydrogens is 220 g/mol. The molecule has 2 nitrogen and oxygen atoms in total. The smallest absolute Gasteiger partial charge is 0.0995 e. The number of nitriles is 1. The van der Waals surface area contributed by atoms with Gasteiger partial charge >= 0.3 is 0 Å². The SMILES string of the molecule is CCC(CC)CN(CC)Cc1ccccc1C#N. The lowest BCUT2D eigenvalue weighted by Gasteiger charge is -2.25. The summed E-state index contributed by atoms with van der Waals surface area (Å²) in [5.41, 5.74) is 1.95. The van der Waals surface area contributed by atoms with Crippen LogP contribution in [-0.2, 0) is 6.54 Å². The molecule has 0 spiro atoms. The third kappa shape index (κ3) is 4.16. The molecule has 0 atom stereocenters. The van der Waals surface area contributed by atoms with Gasteiger partial charge in [0.2, 0.25) is 0 Å². The number of hydrogen-bond acceptors (Lipinski definition) is 2. The van der Waals surface area contributed by atoms with Crippen LogP contribution >= 0.6 is 0 Å². The number of nitrogens with zero attached hydrogens (tertiary/aromatic N) is 2. The highest BCUT2D eigenvalue weighted by molar-refractivity contribution is 5.37. The van der Waals surface area contributed by atoms with Gasteiger partial charge in [0.1, 0.15) is 0 Å². The van der Waals surface area contributed by atoms with Crippen molar-refractivity contribution in [3.63, 3.8) is 0 Å². The van der Waals surface area contributed by atoms with Gasteiger partial charge in [-0.25, -0.2) is 0 Å². The van der Waals surface area contributed by atoms with Crippen LogP contribution in [0.15, 0.2) is 24.3 Å². The van der Waals surface area contributed by atoms with E-state index in [9.17, 15) is 0 Å². The van der Waals surface area contributed by atoms with Gasteiger partial charge in [0.05, 0.1) is 11.6 Å². The van der Waals surface area contributed by atoms with Crippen molar-refractivity contribution in [2.75, 3.05) is 13.1 Å². The first-order valence-corrected chi connectivity index (χ1v) is 6.95. The topological polar surface area (TPSA) is 27.0 Å². The molecule has 0 saturated carbocycles. The van der Waals surface area contributed by atoms with Crippen molar-refractivity contribution in [1.82, 2.24) is 4.90 Å². The molecule has 0 saturated heterocycles. The summed E-state index contributed by atoms with van der Waals surface area (Å²) >= 11 is 0. The zero-order valence-electron chi connectivity index (χ0n) is 11.8. The molecule has 18 heavy (non-hydrogen) atoms. The third-order valence-corrected chi connectivity index (χ3v) is 3.65. The van der Waals surface area contributed by atoms with E-state index in [0.717, 1.165) is 36.7 Å². The molecular formula is C16H24N2. The van der Waals surface area contributed by atoms with Crippen LogP contribution in [-0.4, -0.2) is 18.0 Å². The Kier molecular flexibility index (Phi) is 6.46. The zero-order chi connectivity index (χ0) is 13.4. The molecule has 98 valence electrons. The van der Waals surface area contributed by atoms with Crippen LogP contribution < -0.4 is 0 Å². The molecule has 0 aromatic heterocycles. The molecule has 1 aromatic rings. The highest BCUT2D eigenvalue weighted by atomic mass is 15.1. The molecule has 0 aliphatic rings. The standard InChI is InChI=1S/C16H24N2/c1-4-14(5-2)12-18(6-3)13-16-10-8-7-9-15(16)11-17/h7-10,14H,4-6,12-13H2,1-3H3. The molecule has 0 N–H and O–H groups in total. The van der Waals surface area contributed by atoms with Crippen LogP contribution in [0, 0.1) is 17.2 Å². The van der Waals surface area contributed by atoms with Gasteiger partial charge in [-0.2, -0.15) is 5.26 Å². The van der Waals surface area contributed by atoms with Gasteiger partial charge in [-0.1, -0.05) is 51.8 Å². The molecule has 0 unspecified atom stereocenters. The average Bonchev–Trinajstić information content (AvgIpc) is 2.43. The molecule has 0 fully saturated rings. The fraction of sp³-hybridized carbons (Fsp3) is 0.562. The van der Waals surface area contributed by atoms with Crippen LogP contribution in [0.4, 0.5) is 0 Å². The zero-order valence-corrected chi connectivity index (χ0v) is 11.8. The lowest BCUT2D eigenvalue weighted by molar-refractivity contribution is 0.226. The van der Waals surface area contributed by atoms with Crippen molar-refractivity contribution in [2.24, 2.45) is 5.92 Å². The van der Waals surface area contributed by atoms with E-state index in [-0.39, 0.29) is 0 Å². The molecule has 2 heteroatoms. The summed E-state index contributed by atoms with van der Waals surface area (Å²) < 4.78 is 0. The van der Waals surface area contributed by atoms with Gasteiger partial charge in [0, 0.05) is 13.1 Å². The van der Waals surface area contributed by atoms with E-state index in [4.69, 9.17) is 5.26 Å². The van der Waals surface area contributed by atoms with E-state index in [0.29, 0.717) is 0 Å². The molecule has 0 aliphatic carbocycles. The molecule has 0 amide bonds. The van der Waals surface area contributed by atoms with E-state index in [2.05, 4.69) is 37.8 Å². The molecule has 0 bridgehead atoms. The lowest BCUT2D eigenvalue weighted by Crippen LogP contribution is -2.29. The normalized spacial score (nSPS) is 10.9. The summed E-state index contributed by atoms with van der Waals surface area (Å²) in [6.45, 7) is 9.75. The second-order valence-corrected chi connectivity index (χ2v) is 4.78. The average molecular weight is 244 g/mol. The second-order valence-electron chi connectivity index (χ2n) is 4.78. The Morgan fingerprint density at radius 1 is 1.17 bits per heavy atom. The van der Waals surface area contributed by atoms with Gasteiger partial charge in [-0.15, -0.1) is 0 Å². The van der Waals surface area contributed by atoms with Gasteiger partial charge in [0.25, 0.3) is 0 Å². The van der Waals surface area contributed by atoms with Crippen molar-refractivity contribution in [1.29, 1.82) is 5.26 Å². The van der Waals surface area contributed by atoms with Gasteiger partial charge in [-0.3, -0.25) is 4.90 Å². The van der Waals surface area contributed by atoms with E-state index < -0.39 is 0 Å². The first-order chi connectivity index (χ1) is 8.74. The summed E-state index contributed by atoms with van der Waals surface area (Å²) in [4.78, 5) is 2.44. The monoisotopic (exact) mass is 244 g/mol. The van der Waals surface area contributed by atoms with Gasteiger partial charge in [-0.05, 0) is 24.1 Å². The summed E-state index contributed by atoms with van der Waals surface area (Å²) in [5.74, 6) is 0.763. The van der Waals surface area contributed by atoms with Crippen molar-refractivity contribution in [2.45, 2.75) is 40.2 Å².